The summed E-state index contributed by atoms with van der Waals surface area (Å²) in [6.07, 6.45) is 0.230. The third kappa shape index (κ3) is 3.62. The topological polar surface area (TPSA) is 67.2 Å². The molecule has 4 rings (SSSR count). The molecule has 2 atom stereocenters. The molecule has 0 aliphatic carbocycles. The molecule has 6 heteroatoms. The van der Waals surface area contributed by atoms with Crippen LogP contribution < -0.4 is 10.2 Å². The Kier molecular flexibility index (Phi) is 5.09. The number of aryl methyl sites for hydroxylation is 1. The Morgan fingerprint density at radius 1 is 1.10 bits per heavy atom. The van der Waals surface area contributed by atoms with Crippen molar-refractivity contribution < 1.29 is 9.59 Å². The zero-order valence-electron chi connectivity index (χ0n) is 17.0. The predicted octanol–water partition coefficient (Wildman–Crippen LogP) is 3.44. The van der Waals surface area contributed by atoms with E-state index in [1.54, 1.807) is 4.90 Å². The summed E-state index contributed by atoms with van der Waals surface area (Å²) in [4.78, 5) is 32.0. The summed E-state index contributed by atoms with van der Waals surface area (Å²) < 4.78 is 2.04. The molecule has 6 nitrogen and oxygen atoms in total. The van der Waals surface area contributed by atoms with Crippen LogP contribution in [0.1, 0.15) is 32.1 Å². The van der Waals surface area contributed by atoms with Crippen LogP contribution in [0.2, 0.25) is 0 Å². The molecular formula is C23H26N4O2. The first-order valence-corrected chi connectivity index (χ1v) is 10.0. The summed E-state index contributed by atoms with van der Waals surface area (Å²) in [6, 6.07) is 17.2. The van der Waals surface area contributed by atoms with Gasteiger partial charge in [-0.1, -0.05) is 44.2 Å². The molecule has 2 aromatic carbocycles. The van der Waals surface area contributed by atoms with Crippen molar-refractivity contribution in [3.05, 3.63) is 60.4 Å². The minimum atomic E-state index is -0.362. The SMILES string of the molecule is CC(C)C(NC(=O)C1CC(=O)N(c2ccccc2)C1)c1nc2ccccc2n1C. The van der Waals surface area contributed by atoms with E-state index in [2.05, 4.69) is 19.2 Å². The molecule has 0 bridgehead atoms. The Bertz CT molecular complexity index is 1040. The molecule has 1 aliphatic heterocycles. The monoisotopic (exact) mass is 390 g/mol. The normalized spacial score (nSPS) is 17.9. The second-order valence-electron chi connectivity index (χ2n) is 7.99. The Morgan fingerprint density at radius 2 is 1.79 bits per heavy atom. The summed E-state index contributed by atoms with van der Waals surface area (Å²) in [5, 5.41) is 3.17. The van der Waals surface area contributed by atoms with Gasteiger partial charge in [-0.2, -0.15) is 0 Å². The van der Waals surface area contributed by atoms with Gasteiger partial charge in [0.15, 0.2) is 0 Å². The fraction of sp³-hybridized carbons (Fsp3) is 0.348. The number of nitrogens with one attached hydrogen (secondary N) is 1. The summed E-state index contributed by atoms with van der Waals surface area (Å²) >= 11 is 0. The predicted molar refractivity (Wildman–Crippen MR) is 113 cm³/mol. The summed E-state index contributed by atoms with van der Waals surface area (Å²) in [7, 11) is 1.97. The molecule has 1 aromatic heterocycles. The van der Waals surface area contributed by atoms with Crippen LogP contribution in [0.25, 0.3) is 11.0 Å². The molecule has 0 radical (unpaired) electrons. The Hall–Kier alpha value is -3.15. The molecule has 1 saturated heterocycles. The number of rotatable bonds is 5. The van der Waals surface area contributed by atoms with E-state index < -0.39 is 0 Å². The first-order chi connectivity index (χ1) is 14.0. The Balaban J connectivity index is 1.54. The second kappa shape index (κ2) is 7.70. The van der Waals surface area contributed by atoms with Crippen LogP contribution in [0.5, 0.6) is 0 Å². The van der Waals surface area contributed by atoms with E-state index in [4.69, 9.17) is 4.98 Å². The van der Waals surface area contributed by atoms with Gasteiger partial charge in [0, 0.05) is 25.7 Å². The molecule has 2 heterocycles. The highest BCUT2D eigenvalue weighted by atomic mass is 16.2. The maximum atomic E-state index is 13.1. The lowest BCUT2D eigenvalue weighted by molar-refractivity contribution is -0.127. The van der Waals surface area contributed by atoms with Crippen molar-refractivity contribution in [3.63, 3.8) is 0 Å². The molecule has 29 heavy (non-hydrogen) atoms. The zero-order valence-corrected chi connectivity index (χ0v) is 17.0. The summed E-state index contributed by atoms with van der Waals surface area (Å²) in [5.74, 6) is 0.525. The number of hydrogen-bond donors (Lipinski definition) is 1. The number of fused-ring (bicyclic) bond motifs is 1. The number of para-hydroxylation sites is 3. The third-order valence-corrected chi connectivity index (χ3v) is 5.63. The molecule has 150 valence electrons. The van der Waals surface area contributed by atoms with E-state index in [0.29, 0.717) is 6.54 Å². The van der Waals surface area contributed by atoms with Crippen LogP contribution in [0.15, 0.2) is 54.6 Å². The van der Waals surface area contributed by atoms with Gasteiger partial charge in [-0.15, -0.1) is 0 Å². The van der Waals surface area contributed by atoms with Crippen molar-refractivity contribution in [1.82, 2.24) is 14.9 Å². The van der Waals surface area contributed by atoms with Crippen LogP contribution in [-0.4, -0.2) is 27.9 Å². The summed E-state index contributed by atoms with van der Waals surface area (Å²) in [6.45, 7) is 4.54. The highest BCUT2D eigenvalue weighted by Crippen LogP contribution is 2.28. The van der Waals surface area contributed by atoms with Crippen LogP contribution in [0.3, 0.4) is 0 Å². The van der Waals surface area contributed by atoms with E-state index in [1.165, 1.54) is 0 Å². The van der Waals surface area contributed by atoms with E-state index in [9.17, 15) is 9.59 Å². The van der Waals surface area contributed by atoms with Gasteiger partial charge in [-0.05, 0) is 30.2 Å². The van der Waals surface area contributed by atoms with E-state index in [1.807, 2.05) is 66.2 Å². The minimum absolute atomic E-state index is 0.0137. The molecule has 1 N–H and O–H groups in total. The van der Waals surface area contributed by atoms with Crippen molar-refractivity contribution in [1.29, 1.82) is 0 Å². The van der Waals surface area contributed by atoms with Crippen molar-refractivity contribution in [3.8, 4) is 0 Å². The van der Waals surface area contributed by atoms with Crippen molar-refractivity contribution in [2.45, 2.75) is 26.3 Å². The van der Waals surface area contributed by atoms with Crippen molar-refractivity contribution in [2.75, 3.05) is 11.4 Å². The quantitative estimate of drug-likeness (QED) is 0.726. The highest BCUT2D eigenvalue weighted by molar-refractivity contribution is 6.00. The standard InChI is InChI=1S/C23H26N4O2/c1-15(2)21(22-24-18-11-7-8-12-19(18)26(22)3)25-23(29)16-13-20(28)27(14-16)17-9-5-4-6-10-17/h4-12,15-16,21H,13-14H2,1-3H3,(H,25,29). The minimum Gasteiger partial charge on any atom is -0.346 e. The van der Waals surface area contributed by atoms with Gasteiger partial charge in [0.05, 0.1) is 23.0 Å². The number of amides is 2. The average Bonchev–Trinajstić information content (AvgIpc) is 3.27. The number of aromatic nitrogens is 2. The zero-order chi connectivity index (χ0) is 20.5. The largest absolute Gasteiger partial charge is 0.346 e. The van der Waals surface area contributed by atoms with Crippen LogP contribution >= 0.6 is 0 Å². The molecule has 0 saturated carbocycles. The molecular weight excluding hydrogens is 364 g/mol. The van der Waals surface area contributed by atoms with Gasteiger partial charge < -0.3 is 14.8 Å². The number of carbonyl (C=O) groups excluding carboxylic acids is 2. The number of carbonyl (C=O) groups is 2. The lowest BCUT2D eigenvalue weighted by Crippen LogP contribution is -2.38. The van der Waals surface area contributed by atoms with Gasteiger partial charge in [0.1, 0.15) is 5.82 Å². The van der Waals surface area contributed by atoms with Crippen molar-refractivity contribution in [2.24, 2.45) is 18.9 Å². The average molecular weight is 390 g/mol. The van der Waals surface area contributed by atoms with Gasteiger partial charge in [-0.3, -0.25) is 9.59 Å². The van der Waals surface area contributed by atoms with Crippen LogP contribution in [0, 0.1) is 11.8 Å². The maximum absolute atomic E-state index is 13.1. The van der Waals surface area contributed by atoms with Crippen molar-refractivity contribution >= 4 is 28.5 Å². The first-order valence-electron chi connectivity index (χ1n) is 10.0. The maximum Gasteiger partial charge on any atom is 0.227 e. The molecule has 2 unspecified atom stereocenters. The number of benzene rings is 2. The van der Waals surface area contributed by atoms with E-state index >= 15 is 0 Å². The first kappa shape index (κ1) is 19.2. The molecule has 2 amide bonds. The smallest absolute Gasteiger partial charge is 0.227 e. The Morgan fingerprint density at radius 3 is 2.48 bits per heavy atom. The molecule has 0 spiro atoms. The van der Waals surface area contributed by atoms with E-state index in [0.717, 1.165) is 22.5 Å². The second-order valence-corrected chi connectivity index (χ2v) is 7.99. The Labute approximate surface area is 170 Å². The summed E-state index contributed by atoms with van der Waals surface area (Å²) in [5.41, 5.74) is 2.79. The number of imidazole rings is 1. The van der Waals surface area contributed by atoms with Gasteiger partial charge >= 0.3 is 0 Å². The third-order valence-electron chi connectivity index (χ3n) is 5.63. The van der Waals surface area contributed by atoms with Crippen LogP contribution in [-0.2, 0) is 16.6 Å². The lowest BCUT2D eigenvalue weighted by atomic mass is 10.0. The molecule has 1 fully saturated rings. The molecule has 1 aliphatic rings. The molecule has 3 aromatic rings. The fourth-order valence-corrected chi connectivity index (χ4v) is 3.98. The highest BCUT2D eigenvalue weighted by Gasteiger charge is 2.36. The van der Waals surface area contributed by atoms with Gasteiger partial charge in [0.2, 0.25) is 11.8 Å². The lowest BCUT2D eigenvalue weighted by Gasteiger charge is -2.24. The number of anilines is 1. The van der Waals surface area contributed by atoms with Crippen LogP contribution in [0.4, 0.5) is 5.69 Å². The number of hydrogen-bond acceptors (Lipinski definition) is 3. The van der Waals surface area contributed by atoms with Gasteiger partial charge in [0.25, 0.3) is 0 Å². The fourth-order valence-electron chi connectivity index (χ4n) is 3.98. The van der Waals surface area contributed by atoms with E-state index in [-0.39, 0.29) is 36.1 Å². The van der Waals surface area contributed by atoms with Gasteiger partial charge in [-0.25, -0.2) is 4.98 Å². The number of nitrogens with zero attached hydrogens (tertiary/aromatic N) is 3.